The molecule has 2 aliphatic rings. The van der Waals surface area contributed by atoms with Gasteiger partial charge >= 0.3 is 0 Å². The van der Waals surface area contributed by atoms with Crippen LogP contribution < -0.4 is 5.32 Å². The molecule has 8 heteroatoms. The molecule has 4 rings (SSSR count). The number of halogens is 1. The van der Waals surface area contributed by atoms with Gasteiger partial charge in [0.1, 0.15) is 0 Å². The van der Waals surface area contributed by atoms with Crippen LogP contribution in [0.3, 0.4) is 0 Å². The molecule has 0 spiro atoms. The SMILES string of the molecule is CC1CCN(C(=O)c2n[nH]c3c2CNCC3)CC1n1ccnc1.Cl. The van der Waals surface area contributed by atoms with Gasteiger partial charge in [-0.2, -0.15) is 5.10 Å². The number of carbonyl (C=O) groups excluding carboxylic acids is 1. The van der Waals surface area contributed by atoms with Gasteiger partial charge in [-0.25, -0.2) is 4.98 Å². The minimum atomic E-state index is 0. The van der Waals surface area contributed by atoms with E-state index in [9.17, 15) is 4.79 Å². The number of nitrogens with one attached hydrogen (secondary N) is 2. The molecule has 2 aromatic rings. The van der Waals surface area contributed by atoms with Crippen LogP contribution in [0.25, 0.3) is 0 Å². The normalized spacial score (nSPS) is 23.5. The van der Waals surface area contributed by atoms with E-state index in [-0.39, 0.29) is 24.4 Å². The number of nitrogens with zero attached hydrogens (tertiary/aromatic N) is 4. The van der Waals surface area contributed by atoms with Crippen LogP contribution in [0, 0.1) is 5.92 Å². The number of likely N-dealkylation sites (tertiary alicyclic amines) is 1. The maximum atomic E-state index is 12.9. The maximum absolute atomic E-state index is 12.9. The summed E-state index contributed by atoms with van der Waals surface area (Å²) >= 11 is 0. The Kier molecular flexibility index (Phi) is 4.91. The highest BCUT2D eigenvalue weighted by molar-refractivity contribution is 5.94. The minimum Gasteiger partial charge on any atom is -0.335 e. The second-order valence-corrected chi connectivity index (χ2v) is 6.55. The van der Waals surface area contributed by atoms with Crippen LogP contribution in [0.2, 0.25) is 0 Å². The summed E-state index contributed by atoms with van der Waals surface area (Å²) in [5.74, 6) is 0.575. The first-order valence-corrected chi connectivity index (χ1v) is 8.27. The second-order valence-electron chi connectivity index (χ2n) is 6.55. The van der Waals surface area contributed by atoms with Crippen molar-refractivity contribution in [3.05, 3.63) is 35.7 Å². The van der Waals surface area contributed by atoms with E-state index in [0.29, 0.717) is 18.2 Å². The van der Waals surface area contributed by atoms with E-state index in [0.717, 1.165) is 43.7 Å². The van der Waals surface area contributed by atoms with E-state index in [2.05, 4.69) is 32.0 Å². The van der Waals surface area contributed by atoms with Gasteiger partial charge in [0.2, 0.25) is 0 Å². The molecular formula is C16H23ClN6O. The van der Waals surface area contributed by atoms with Crippen LogP contribution in [0.5, 0.6) is 0 Å². The van der Waals surface area contributed by atoms with E-state index in [1.807, 2.05) is 17.4 Å². The molecule has 7 nitrogen and oxygen atoms in total. The zero-order chi connectivity index (χ0) is 15.8. The molecule has 0 aliphatic carbocycles. The molecule has 2 N–H and O–H groups in total. The molecule has 2 aromatic heterocycles. The number of hydrogen-bond acceptors (Lipinski definition) is 4. The molecule has 1 fully saturated rings. The fraction of sp³-hybridized carbons (Fsp3) is 0.562. The number of H-pyrrole nitrogens is 1. The molecule has 1 saturated heterocycles. The number of aromatic amines is 1. The zero-order valence-corrected chi connectivity index (χ0v) is 14.6. The summed E-state index contributed by atoms with van der Waals surface area (Å²) in [6.07, 6.45) is 7.53. The highest BCUT2D eigenvalue weighted by Crippen LogP contribution is 2.29. The molecule has 0 aromatic carbocycles. The fourth-order valence-electron chi connectivity index (χ4n) is 3.64. The van der Waals surface area contributed by atoms with Crippen molar-refractivity contribution < 1.29 is 4.79 Å². The van der Waals surface area contributed by atoms with Crippen LogP contribution in [-0.2, 0) is 13.0 Å². The van der Waals surface area contributed by atoms with Crippen molar-refractivity contribution in [1.82, 2.24) is 30.0 Å². The first-order chi connectivity index (χ1) is 11.2. The van der Waals surface area contributed by atoms with Gasteiger partial charge in [-0.15, -0.1) is 12.4 Å². The van der Waals surface area contributed by atoms with Crippen LogP contribution in [0.15, 0.2) is 18.7 Å². The molecule has 0 radical (unpaired) electrons. The summed E-state index contributed by atoms with van der Waals surface area (Å²) in [6.45, 7) is 5.41. The van der Waals surface area contributed by atoms with Crippen LogP contribution in [-0.4, -0.2) is 50.2 Å². The lowest BCUT2D eigenvalue weighted by atomic mass is 9.93. The van der Waals surface area contributed by atoms with Crippen molar-refractivity contribution in [3.63, 3.8) is 0 Å². The molecule has 2 aliphatic heterocycles. The van der Waals surface area contributed by atoms with Crippen LogP contribution in [0.4, 0.5) is 0 Å². The summed E-state index contributed by atoms with van der Waals surface area (Å²) in [5, 5.41) is 10.7. The predicted molar refractivity (Wildman–Crippen MR) is 92.2 cm³/mol. The lowest BCUT2D eigenvalue weighted by molar-refractivity contribution is 0.0614. The van der Waals surface area contributed by atoms with Gasteiger partial charge in [-0.05, 0) is 12.3 Å². The minimum absolute atomic E-state index is 0. The molecule has 4 heterocycles. The van der Waals surface area contributed by atoms with Crippen molar-refractivity contribution in [2.75, 3.05) is 19.6 Å². The van der Waals surface area contributed by atoms with Crippen LogP contribution in [0.1, 0.15) is 41.1 Å². The van der Waals surface area contributed by atoms with Crippen molar-refractivity contribution >= 4 is 18.3 Å². The first kappa shape index (κ1) is 17.0. The average Bonchev–Trinajstić information content (AvgIpc) is 3.24. The number of aromatic nitrogens is 4. The Balaban J connectivity index is 0.00000169. The number of carbonyl (C=O) groups is 1. The molecule has 24 heavy (non-hydrogen) atoms. The average molecular weight is 351 g/mol. The predicted octanol–water partition coefficient (Wildman–Crippen LogP) is 1.40. The molecular weight excluding hydrogens is 328 g/mol. The molecule has 0 bridgehead atoms. The summed E-state index contributed by atoms with van der Waals surface area (Å²) in [4.78, 5) is 19.0. The summed E-state index contributed by atoms with van der Waals surface area (Å²) in [7, 11) is 0. The largest absolute Gasteiger partial charge is 0.335 e. The van der Waals surface area contributed by atoms with Gasteiger partial charge in [0.15, 0.2) is 5.69 Å². The second kappa shape index (κ2) is 6.94. The fourth-order valence-corrected chi connectivity index (χ4v) is 3.64. The number of piperidine rings is 1. The number of fused-ring (bicyclic) bond motifs is 1. The quantitative estimate of drug-likeness (QED) is 0.858. The lowest BCUT2D eigenvalue weighted by Crippen LogP contribution is -2.44. The third-order valence-corrected chi connectivity index (χ3v) is 5.12. The standard InChI is InChI=1S/C16H22N6O.ClH/c1-11-3-6-21(9-14(11)22-7-5-18-10-22)16(23)15-12-8-17-4-2-13(12)19-20-15;/h5,7,10-11,14,17H,2-4,6,8-9H2,1H3,(H,19,20);1H. The van der Waals surface area contributed by atoms with Crippen molar-refractivity contribution in [3.8, 4) is 0 Å². The summed E-state index contributed by atoms with van der Waals surface area (Å²) in [5.41, 5.74) is 2.73. The third kappa shape index (κ3) is 2.93. The Morgan fingerprint density at radius 3 is 3.08 bits per heavy atom. The number of rotatable bonds is 2. The summed E-state index contributed by atoms with van der Waals surface area (Å²) in [6, 6.07) is 0.281. The van der Waals surface area contributed by atoms with E-state index >= 15 is 0 Å². The molecule has 1 amide bonds. The Labute approximate surface area is 147 Å². The van der Waals surface area contributed by atoms with Crippen molar-refractivity contribution in [1.29, 1.82) is 0 Å². The highest BCUT2D eigenvalue weighted by atomic mass is 35.5. The Morgan fingerprint density at radius 1 is 1.42 bits per heavy atom. The third-order valence-electron chi connectivity index (χ3n) is 5.12. The van der Waals surface area contributed by atoms with E-state index < -0.39 is 0 Å². The van der Waals surface area contributed by atoms with E-state index in [4.69, 9.17) is 0 Å². The number of imidazole rings is 1. The van der Waals surface area contributed by atoms with E-state index in [1.165, 1.54) is 0 Å². The molecule has 2 atom stereocenters. The van der Waals surface area contributed by atoms with Gasteiger partial charge in [0, 0.05) is 56.3 Å². The Bertz CT molecular complexity index is 697. The Hall–Kier alpha value is -1.86. The molecule has 130 valence electrons. The molecule has 2 unspecified atom stereocenters. The van der Waals surface area contributed by atoms with Gasteiger partial charge in [-0.3, -0.25) is 9.89 Å². The maximum Gasteiger partial charge on any atom is 0.274 e. The van der Waals surface area contributed by atoms with Gasteiger partial charge in [0.25, 0.3) is 5.91 Å². The van der Waals surface area contributed by atoms with E-state index in [1.54, 1.807) is 6.20 Å². The van der Waals surface area contributed by atoms with Crippen LogP contribution >= 0.6 is 12.4 Å². The highest BCUT2D eigenvalue weighted by Gasteiger charge is 2.32. The first-order valence-electron chi connectivity index (χ1n) is 8.27. The topological polar surface area (TPSA) is 78.8 Å². The molecule has 0 saturated carbocycles. The lowest BCUT2D eigenvalue weighted by Gasteiger charge is -2.37. The smallest absolute Gasteiger partial charge is 0.274 e. The van der Waals surface area contributed by atoms with Crippen molar-refractivity contribution in [2.24, 2.45) is 5.92 Å². The van der Waals surface area contributed by atoms with Crippen molar-refractivity contribution in [2.45, 2.75) is 32.4 Å². The Morgan fingerprint density at radius 2 is 2.29 bits per heavy atom. The number of amides is 1. The van der Waals surface area contributed by atoms with Gasteiger partial charge < -0.3 is 14.8 Å². The monoisotopic (exact) mass is 350 g/mol. The summed E-state index contributed by atoms with van der Waals surface area (Å²) < 4.78 is 2.12. The van der Waals surface area contributed by atoms with Gasteiger partial charge in [0.05, 0.1) is 12.4 Å². The van der Waals surface area contributed by atoms with Gasteiger partial charge in [-0.1, -0.05) is 6.92 Å². The number of hydrogen-bond donors (Lipinski definition) is 2. The zero-order valence-electron chi connectivity index (χ0n) is 13.7.